The van der Waals surface area contributed by atoms with E-state index in [1.165, 1.54) is 13.3 Å². The van der Waals surface area contributed by atoms with E-state index < -0.39 is 0 Å². The Kier molecular flexibility index (Phi) is 4.04. The molecule has 0 aromatic carbocycles. The molecule has 0 saturated carbocycles. The van der Waals surface area contributed by atoms with Gasteiger partial charge in [-0.05, 0) is 13.0 Å². The second kappa shape index (κ2) is 5.11. The van der Waals surface area contributed by atoms with Gasteiger partial charge in [0.1, 0.15) is 0 Å². The minimum atomic E-state index is 0.0429. The van der Waals surface area contributed by atoms with Gasteiger partial charge in [0.2, 0.25) is 5.91 Å². The number of hydrogen-bond donors (Lipinski definition) is 3. The molecule has 3 N–H and O–H groups in total. The van der Waals surface area contributed by atoms with Crippen LogP contribution >= 0.6 is 0 Å². The maximum atomic E-state index is 10.5. The van der Waals surface area contributed by atoms with Gasteiger partial charge in [-0.3, -0.25) is 4.79 Å². The van der Waals surface area contributed by atoms with Gasteiger partial charge in [-0.2, -0.15) is 0 Å². The quantitative estimate of drug-likeness (QED) is 0.479. The Morgan fingerprint density at radius 2 is 2.42 bits per heavy atom. The zero-order valence-corrected chi connectivity index (χ0v) is 7.52. The van der Waals surface area contributed by atoms with Crippen LogP contribution in [0.1, 0.15) is 13.3 Å². The summed E-state index contributed by atoms with van der Waals surface area (Å²) in [5, 5.41) is 9.38. The fourth-order valence-corrected chi connectivity index (χ4v) is 1.34. The van der Waals surface area contributed by atoms with Crippen LogP contribution in [0.5, 0.6) is 0 Å². The van der Waals surface area contributed by atoms with Crippen LogP contribution in [0.25, 0.3) is 0 Å². The lowest BCUT2D eigenvalue weighted by atomic mass is 10.2. The van der Waals surface area contributed by atoms with Gasteiger partial charge in [0.15, 0.2) is 0 Å². The largest absolute Gasteiger partial charge is 0.355 e. The van der Waals surface area contributed by atoms with E-state index in [0.29, 0.717) is 6.04 Å². The Hall–Kier alpha value is -0.610. The number of rotatable bonds is 4. The number of carbonyl (C=O) groups excluding carboxylic acids is 1. The Morgan fingerprint density at radius 1 is 1.58 bits per heavy atom. The molecule has 0 radical (unpaired) electrons. The van der Waals surface area contributed by atoms with Crippen molar-refractivity contribution in [1.29, 1.82) is 0 Å². The highest BCUT2D eigenvalue weighted by Gasteiger charge is 2.12. The van der Waals surface area contributed by atoms with E-state index in [1.54, 1.807) is 0 Å². The number of amides is 1. The summed E-state index contributed by atoms with van der Waals surface area (Å²) in [7, 11) is 0. The zero-order valence-electron chi connectivity index (χ0n) is 7.52. The van der Waals surface area contributed by atoms with Crippen molar-refractivity contribution in [1.82, 2.24) is 16.0 Å². The lowest BCUT2D eigenvalue weighted by molar-refractivity contribution is -0.118. The van der Waals surface area contributed by atoms with Crippen LogP contribution in [-0.4, -0.2) is 38.1 Å². The van der Waals surface area contributed by atoms with Crippen LogP contribution in [0.15, 0.2) is 0 Å². The molecule has 1 aliphatic rings. The Morgan fingerprint density at radius 3 is 3.00 bits per heavy atom. The van der Waals surface area contributed by atoms with Crippen molar-refractivity contribution in [2.24, 2.45) is 0 Å². The average Bonchev–Trinajstić information content (AvgIpc) is 2.49. The second-order valence-electron chi connectivity index (χ2n) is 3.13. The predicted octanol–water partition coefficient (Wildman–Crippen LogP) is -0.926. The van der Waals surface area contributed by atoms with Gasteiger partial charge in [0.05, 0.1) is 0 Å². The number of nitrogens with one attached hydrogen (secondary N) is 3. The van der Waals surface area contributed by atoms with Gasteiger partial charge in [0.25, 0.3) is 0 Å². The number of hydrogen-bond acceptors (Lipinski definition) is 3. The first-order valence-electron chi connectivity index (χ1n) is 4.47. The fraction of sp³-hybridized carbons (Fsp3) is 0.875. The first kappa shape index (κ1) is 9.48. The molecule has 12 heavy (non-hydrogen) atoms. The SMILES string of the molecule is CC(=O)NCCNC1CCNC1. The van der Waals surface area contributed by atoms with Crippen molar-refractivity contribution in [2.45, 2.75) is 19.4 Å². The summed E-state index contributed by atoms with van der Waals surface area (Å²) in [4.78, 5) is 10.5. The summed E-state index contributed by atoms with van der Waals surface area (Å²) in [5.41, 5.74) is 0. The topological polar surface area (TPSA) is 53.2 Å². The highest BCUT2D eigenvalue weighted by molar-refractivity contribution is 5.72. The molecule has 1 rings (SSSR count). The van der Waals surface area contributed by atoms with E-state index in [4.69, 9.17) is 0 Å². The zero-order chi connectivity index (χ0) is 8.81. The number of carbonyl (C=O) groups is 1. The highest BCUT2D eigenvalue weighted by atomic mass is 16.1. The molecule has 0 aromatic heterocycles. The van der Waals surface area contributed by atoms with Crippen LogP contribution in [0.4, 0.5) is 0 Å². The molecule has 1 amide bonds. The molecular formula is C8H17N3O. The van der Waals surface area contributed by atoms with Gasteiger partial charge in [0, 0.05) is 32.6 Å². The van der Waals surface area contributed by atoms with Crippen molar-refractivity contribution in [3.8, 4) is 0 Å². The summed E-state index contributed by atoms with van der Waals surface area (Å²) in [5.74, 6) is 0.0429. The van der Waals surface area contributed by atoms with Gasteiger partial charge in [-0.25, -0.2) is 0 Å². The summed E-state index contributed by atoms with van der Waals surface area (Å²) >= 11 is 0. The Labute approximate surface area is 73.1 Å². The highest BCUT2D eigenvalue weighted by Crippen LogP contribution is 1.95. The molecule has 0 aliphatic carbocycles. The Bertz CT molecular complexity index is 143. The van der Waals surface area contributed by atoms with E-state index in [9.17, 15) is 4.79 Å². The van der Waals surface area contributed by atoms with Gasteiger partial charge < -0.3 is 16.0 Å². The summed E-state index contributed by atoms with van der Waals surface area (Å²) < 4.78 is 0. The van der Waals surface area contributed by atoms with Crippen molar-refractivity contribution in [2.75, 3.05) is 26.2 Å². The second-order valence-corrected chi connectivity index (χ2v) is 3.13. The normalized spacial score (nSPS) is 22.6. The van der Waals surface area contributed by atoms with E-state index in [-0.39, 0.29) is 5.91 Å². The van der Waals surface area contributed by atoms with Gasteiger partial charge >= 0.3 is 0 Å². The van der Waals surface area contributed by atoms with E-state index in [2.05, 4.69) is 16.0 Å². The smallest absolute Gasteiger partial charge is 0.216 e. The van der Waals surface area contributed by atoms with E-state index in [1.807, 2.05) is 0 Å². The molecule has 70 valence electrons. The first-order valence-corrected chi connectivity index (χ1v) is 4.47. The van der Waals surface area contributed by atoms with Crippen molar-refractivity contribution < 1.29 is 4.79 Å². The van der Waals surface area contributed by atoms with Gasteiger partial charge in [-0.1, -0.05) is 0 Å². The van der Waals surface area contributed by atoms with Crippen molar-refractivity contribution in [3.63, 3.8) is 0 Å². The monoisotopic (exact) mass is 171 g/mol. The molecule has 1 atom stereocenters. The molecule has 0 bridgehead atoms. The van der Waals surface area contributed by atoms with Crippen LogP contribution in [0, 0.1) is 0 Å². The van der Waals surface area contributed by atoms with Crippen LogP contribution in [0.3, 0.4) is 0 Å². The molecule has 0 aromatic rings. The molecule has 4 heteroatoms. The predicted molar refractivity (Wildman–Crippen MR) is 48.0 cm³/mol. The molecule has 0 spiro atoms. The molecule has 1 fully saturated rings. The minimum Gasteiger partial charge on any atom is -0.355 e. The Balaban J connectivity index is 1.91. The van der Waals surface area contributed by atoms with E-state index >= 15 is 0 Å². The van der Waals surface area contributed by atoms with E-state index in [0.717, 1.165) is 26.2 Å². The summed E-state index contributed by atoms with van der Waals surface area (Å²) in [6, 6.07) is 0.596. The molecule has 1 heterocycles. The lowest BCUT2D eigenvalue weighted by Gasteiger charge is -2.10. The molecule has 4 nitrogen and oxygen atoms in total. The first-order chi connectivity index (χ1) is 5.79. The summed E-state index contributed by atoms with van der Waals surface area (Å²) in [6.45, 7) is 5.30. The molecule has 1 saturated heterocycles. The lowest BCUT2D eigenvalue weighted by Crippen LogP contribution is -2.37. The van der Waals surface area contributed by atoms with Crippen LogP contribution in [0.2, 0.25) is 0 Å². The van der Waals surface area contributed by atoms with Crippen molar-refractivity contribution in [3.05, 3.63) is 0 Å². The third kappa shape index (κ3) is 3.69. The minimum absolute atomic E-state index is 0.0429. The molecular weight excluding hydrogens is 154 g/mol. The summed E-state index contributed by atoms with van der Waals surface area (Å²) in [6.07, 6.45) is 1.19. The average molecular weight is 171 g/mol. The third-order valence-electron chi connectivity index (χ3n) is 1.99. The van der Waals surface area contributed by atoms with Crippen molar-refractivity contribution >= 4 is 5.91 Å². The molecule has 1 unspecified atom stereocenters. The maximum Gasteiger partial charge on any atom is 0.216 e. The molecule has 1 aliphatic heterocycles. The van der Waals surface area contributed by atoms with Gasteiger partial charge in [-0.15, -0.1) is 0 Å². The standard InChI is InChI=1S/C8H17N3O/c1-7(12)10-4-5-11-8-2-3-9-6-8/h8-9,11H,2-6H2,1H3,(H,10,12). The maximum absolute atomic E-state index is 10.5. The third-order valence-corrected chi connectivity index (χ3v) is 1.99. The fourth-order valence-electron chi connectivity index (χ4n) is 1.34. The van der Waals surface area contributed by atoms with Crippen LogP contribution in [-0.2, 0) is 4.79 Å². The van der Waals surface area contributed by atoms with Crippen LogP contribution < -0.4 is 16.0 Å².